The zero-order valence-electron chi connectivity index (χ0n) is 10.1. The maximum absolute atomic E-state index is 11.5. The lowest BCUT2D eigenvalue weighted by Gasteiger charge is -2.45. The second kappa shape index (κ2) is 4.66. The minimum Gasteiger partial charge on any atom is -0.368 e. The van der Waals surface area contributed by atoms with Crippen molar-refractivity contribution in [2.45, 2.75) is 45.8 Å². The van der Waals surface area contributed by atoms with Crippen molar-refractivity contribution in [3.05, 3.63) is 0 Å². The quantitative estimate of drug-likeness (QED) is 0.544. The van der Waals surface area contributed by atoms with Gasteiger partial charge in [-0.3, -0.25) is 4.79 Å². The molecule has 0 aromatic rings. The number of rotatable bonds is 3. The van der Waals surface area contributed by atoms with Crippen LogP contribution in [0, 0.1) is 0 Å². The molecule has 0 fully saturated rings. The van der Waals surface area contributed by atoms with E-state index in [-0.39, 0.29) is 10.9 Å². The second-order valence-electron chi connectivity index (χ2n) is 5.17. The first-order valence-corrected chi connectivity index (χ1v) is 8.47. The van der Waals surface area contributed by atoms with E-state index in [0.29, 0.717) is 12.4 Å². The molecular weight excluding hydrogens is 214 g/mol. The lowest BCUT2D eigenvalue weighted by atomic mass is 10.2. The standard InChI is InChI=1S/C10H22ClNOSi/c1-9(13)12(8-7-11)14(5,6)10(2,3)4/h7-8H2,1-6H3. The molecule has 0 heterocycles. The van der Waals surface area contributed by atoms with E-state index in [9.17, 15) is 4.79 Å². The van der Waals surface area contributed by atoms with Gasteiger partial charge >= 0.3 is 0 Å². The van der Waals surface area contributed by atoms with Crippen LogP contribution in [0.4, 0.5) is 0 Å². The molecule has 2 nitrogen and oxygen atoms in total. The summed E-state index contributed by atoms with van der Waals surface area (Å²) in [7, 11) is -1.72. The van der Waals surface area contributed by atoms with E-state index >= 15 is 0 Å². The Kier molecular flexibility index (Phi) is 4.66. The minimum atomic E-state index is -1.72. The Bertz CT molecular complexity index is 211. The lowest BCUT2D eigenvalue weighted by Crippen LogP contribution is -2.57. The number of amides is 1. The van der Waals surface area contributed by atoms with Crippen LogP contribution in [0.3, 0.4) is 0 Å². The summed E-state index contributed by atoms with van der Waals surface area (Å²) in [5.41, 5.74) is 0. The van der Waals surface area contributed by atoms with E-state index in [2.05, 4.69) is 33.9 Å². The highest BCUT2D eigenvalue weighted by Gasteiger charge is 2.42. The molecule has 0 rings (SSSR count). The van der Waals surface area contributed by atoms with Crippen LogP contribution in [-0.4, -0.2) is 31.1 Å². The van der Waals surface area contributed by atoms with E-state index in [1.54, 1.807) is 6.92 Å². The number of hydrogen-bond acceptors (Lipinski definition) is 1. The Morgan fingerprint density at radius 1 is 1.36 bits per heavy atom. The molecule has 84 valence electrons. The first-order valence-electron chi connectivity index (χ1n) is 4.98. The van der Waals surface area contributed by atoms with Crippen molar-refractivity contribution in [2.75, 3.05) is 12.4 Å². The number of carbonyl (C=O) groups excluding carboxylic acids is 1. The molecule has 0 N–H and O–H groups in total. The topological polar surface area (TPSA) is 20.3 Å². The Hall–Kier alpha value is -0.0231. The molecule has 1 amide bonds. The third kappa shape index (κ3) is 2.99. The predicted molar refractivity (Wildman–Crippen MR) is 65.3 cm³/mol. The predicted octanol–water partition coefficient (Wildman–Crippen LogP) is 3.08. The molecule has 0 bridgehead atoms. The van der Waals surface area contributed by atoms with Crippen molar-refractivity contribution in [3.8, 4) is 0 Å². The summed E-state index contributed by atoms with van der Waals surface area (Å²) in [5, 5.41) is 0.185. The van der Waals surface area contributed by atoms with Crippen LogP contribution in [0.5, 0.6) is 0 Å². The zero-order valence-corrected chi connectivity index (χ0v) is 11.9. The number of halogens is 1. The molecule has 0 saturated heterocycles. The van der Waals surface area contributed by atoms with Gasteiger partial charge < -0.3 is 4.57 Å². The summed E-state index contributed by atoms with van der Waals surface area (Å²) >= 11 is 5.72. The van der Waals surface area contributed by atoms with Gasteiger partial charge in [-0.2, -0.15) is 0 Å². The first kappa shape index (κ1) is 14.0. The Morgan fingerprint density at radius 3 is 2.00 bits per heavy atom. The molecule has 14 heavy (non-hydrogen) atoms. The van der Waals surface area contributed by atoms with Gasteiger partial charge in [-0.15, -0.1) is 11.6 Å². The molecule has 0 aliphatic carbocycles. The summed E-state index contributed by atoms with van der Waals surface area (Å²) < 4.78 is 1.99. The molecule has 0 aromatic carbocycles. The van der Waals surface area contributed by atoms with Gasteiger partial charge in [0, 0.05) is 19.3 Å². The third-order valence-electron chi connectivity index (χ3n) is 3.20. The molecule has 0 aliphatic rings. The van der Waals surface area contributed by atoms with E-state index in [0.717, 1.165) is 0 Å². The maximum atomic E-state index is 11.5. The van der Waals surface area contributed by atoms with Gasteiger partial charge in [-0.05, 0) is 5.04 Å². The Morgan fingerprint density at radius 2 is 1.79 bits per heavy atom. The highest BCUT2D eigenvalue weighted by molar-refractivity contribution is 6.79. The minimum absolute atomic E-state index is 0.150. The summed E-state index contributed by atoms with van der Waals surface area (Å²) in [6.07, 6.45) is 0. The number of hydrogen-bond donors (Lipinski definition) is 0. The number of alkyl halides is 1. The maximum Gasteiger partial charge on any atom is 0.211 e. The van der Waals surface area contributed by atoms with Crippen molar-refractivity contribution < 1.29 is 4.79 Å². The third-order valence-corrected chi connectivity index (χ3v) is 8.93. The van der Waals surface area contributed by atoms with Crippen molar-refractivity contribution in [1.29, 1.82) is 0 Å². The number of nitrogens with zero attached hydrogens (tertiary/aromatic N) is 1. The summed E-state index contributed by atoms with van der Waals surface area (Å²) in [5.74, 6) is 0.670. The zero-order chi connectivity index (χ0) is 11.6. The fourth-order valence-corrected chi connectivity index (χ4v) is 3.90. The molecule has 0 unspecified atom stereocenters. The largest absolute Gasteiger partial charge is 0.368 e. The van der Waals surface area contributed by atoms with E-state index in [1.807, 2.05) is 4.57 Å². The van der Waals surface area contributed by atoms with Gasteiger partial charge in [0.05, 0.1) is 0 Å². The van der Waals surface area contributed by atoms with Gasteiger partial charge in [-0.1, -0.05) is 33.9 Å². The average Bonchev–Trinajstić information content (AvgIpc) is 1.96. The molecule has 0 radical (unpaired) electrons. The fraction of sp³-hybridized carbons (Fsp3) is 0.900. The van der Waals surface area contributed by atoms with Crippen LogP contribution >= 0.6 is 11.6 Å². The SMILES string of the molecule is CC(=O)N(CCCl)[Si](C)(C)C(C)(C)C. The van der Waals surface area contributed by atoms with Gasteiger partial charge in [0.1, 0.15) is 0 Å². The van der Waals surface area contributed by atoms with Gasteiger partial charge in [-0.25, -0.2) is 0 Å². The van der Waals surface area contributed by atoms with Crippen LogP contribution in [0.2, 0.25) is 18.1 Å². The molecule has 0 aromatic heterocycles. The molecule has 0 atom stereocenters. The monoisotopic (exact) mass is 235 g/mol. The highest BCUT2D eigenvalue weighted by Crippen LogP contribution is 2.38. The lowest BCUT2D eigenvalue weighted by molar-refractivity contribution is -0.124. The molecule has 0 spiro atoms. The van der Waals surface area contributed by atoms with Gasteiger partial charge in [0.15, 0.2) is 8.24 Å². The molecule has 4 heteroatoms. The van der Waals surface area contributed by atoms with Gasteiger partial charge in [0.25, 0.3) is 0 Å². The van der Waals surface area contributed by atoms with Crippen LogP contribution in [-0.2, 0) is 4.79 Å². The Balaban J connectivity index is 4.90. The second-order valence-corrected chi connectivity index (χ2v) is 10.7. The molecule has 0 saturated carbocycles. The first-order chi connectivity index (χ1) is 6.14. The van der Waals surface area contributed by atoms with E-state index in [4.69, 9.17) is 11.6 Å². The van der Waals surface area contributed by atoms with Crippen molar-refractivity contribution in [3.63, 3.8) is 0 Å². The van der Waals surface area contributed by atoms with Crippen LogP contribution in [0.1, 0.15) is 27.7 Å². The average molecular weight is 236 g/mol. The highest BCUT2D eigenvalue weighted by atomic mass is 35.5. The molecular formula is C10H22ClNOSi. The summed E-state index contributed by atoms with van der Waals surface area (Å²) in [4.78, 5) is 11.5. The van der Waals surface area contributed by atoms with Gasteiger partial charge in [0.2, 0.25) is 5.91 Å². The smallest absolute Gasteiger partial charge is 0.211 e. The summed E-state index contributed by atoms with van der Waals surface area (Å²) in [6.45, 7) is 13.3. The van der Waals surface area contributed by atoms with Crippen LogP contribution in [0.25, 0.3) is 0 Å². The van der Waals surface area contributed by atoms with Crippen LogP contribution in [0.15, 0.2) is 0 Å². The number of carbonyl (C=O) groups is 1. The summed E-state index contributed by atoms with van der Waals surface area (Å²) in [6, 6.07) is 0. The fourth-order valence-electron chi connectivity index (χ4n) is 1.32. The molecule has 0 aliphatic heterocycles. The van der Waals surface area contributed by atoms with Crippen molar-refractivity contribution in [2.24, 2.45) is 0 Å². The van der Waals surface area contributed by atoms with Crippen molar-refractivity contribution >= 4 is 25.7 Å². The normalized spacial score (nSPS) is 12.8. The van der Waals surface area contributed by atoms with Crippen molar-refractivity contribution in [1.82, 2.24) is 4.57 Å². The van der Waals surface area contributed by atoms with Crippen LogP contribution < -0.4 is 0 Å². The Labute approximate surface area is 93.7 Å². The van der Waals surface area contributed by atoms with E-state index < -0.39 is 8.24 Å². The van der Waals surface area contributed by atoms with E-state index in [1.165, 1.54) is 0 Å².